The maximum Gasteiger partial charge on any atom is 0.181 e. The van der Waals surface area contributed by atoms with Crippen molar-refractivity contribution in [3.8, 4) is 5.75 Å². The predicted molar refractivity (Wildman–Crippen MR) is 118 cm³/mol. The van der Waals surface area contributed by atoms with Gasteiger partial charge in [-0.15, -0.1) is 11.8 Å². The van der Waals surface area contributed by atoms with E-state index in [0.29, 0.717) is 17.1 Å². The number of para-hydroxylation sites is 1. The average Bonchev–Trinajstić information content (AvgIpc) is 2.79. The largest absolute Gasteiger partial charge is 0.507 e. The van der Waals surface area contributed by atoms with Gasteiger partial charge in [0, 0.05) is 23.7 Å². The maximum atomic E-state index is 13.4. The zero-order valence-electron chi connectivity index (χ0n) is 16.8. The Hall–Kier alpha value is -1.66. The molecule has 0 saturated carbocycles. The second-order valence-electron chi connectivity index (χ2n) is 7.63. The van der Waals surface area contributed by atoms with Crippen LogP contribution in [-0.2, 0) is 9.84 Å². The van der Waals surface area contributed by atoms with Gasteiger partial charge in [0.25, 0.3) is 0 Å². The number of fused-ring (bicyclic) bond motifs is 1. The van der Waals surface area contributed by atoms with E-state index in [9.17, 15) is 13.5 Å². The van der Waals surface area contributed by atoms with Crippen LogP contribution in [0, 0.1) is 5.41 Å². The lowest BCUT2D eigenvalue weighted by Gasteiger charge is -2.36. The van der Waals surface area contributed by atoms with Crippen molar-refractivity contribution in [1.82, 2.24) is 0 Å². The molecule has 0 spiro atoms. The third kappa shape index (κ3) is 4.03. The molecule has 0 aliphatic carbocycles. The summed E-state index contributed by atoms with van der Waals surface area (Å²) in [6, 6.07) is 13.2. The Kier molecular flexibility index (Phi) is 6.30. The molecule has 6 heteroatoms. The molecule has 3 rings (SSSR count). The first-order valence-electron chi connectivity index (χ1n) is 9.82. The summed E-state index contributed by atoms with van der Waals surface area (Å²) in [6.45, 7) is 4.88. The number of phenolic OH excluding ortho intramolecular Hbond substituents is 1. The number of anilines is 2. The van der Waals surface area contributed by atoms with Gasteiger partial charge in [-0.2, -0.15) is 0 Å². The van der Waals surface area contributed by atoms with E-state index in [1.165, 1.54) is 17.8 Å². The van der Waals surface area contributed by atoms with E-state index in [1.54, 1.807) is 0 Å². The molecule has 1 heterocycles. The number of sulfone groups is 1. The first-order chi connectivity index (χ1) is 13.4. The third-order valence-electron chi connectivity index (χ3n) is 5.75. The Morgan fingerprint density at radius 2 is 1.89 bits per heavy atom. The number of unbranched alkanes of at least 4 members (excludes halogenated alkanes) is 1. The molecule has 0 saturated heterocycles. The van der Waals surface area contributed by atoms with Crippen LogP contribution in [0.1, 0.15) is 39.5 Å². The average molecular weight is 420 g/mol. The molecule has 1 aliphatic heterocycles. The predicted octanol–water partition coefficient (Wildman–Crippen LogP) is 5.63. The van der Waals surface area contributed by atoms with Crippen LogP contribution in [0.5, 0.6) is 5.75 Å². The molecule has 0 fully saturated rings. The summed E-state index contributed by atoms with van der Waals surface area (Å²) in [4.78, 5) is 3.06. The quantitative estimate of drug-likeness (QED) is 0.615. The smallest absolute Gasteiger partial charge is 0.181 e. The second-order valence-corrected chi connectivity index (χ2v) is 10.4. The Morgan fingerprint density at radius 3 is 2.50 bits per heavy atom. The van der Waals surface area contributed by atoms with E-state index in [4.69, 9.17) is 0 Å². The van der Waals surface area contributed by atoms with Crippen LogP contribution < -0.4 is 4.90 Å². The number of hydrogen-bond acceptors (Lipinski definition) is 5. The molecular formula is C22H29NO3S2. The van der Waals surface area contributed by atoms with Crippen LogP contribution in [0.25, 0.3) is 0 Å². The van der Waals surface area contributed by atoms with Crippen LogP contribution in [0.2, 0.25) is 0 Å². The molecule has 0 amide bonds. The van der Waals surface area contributed by atoms with Crippen LogP contribution in [0.15, 0.2) is 52.3 Å². The number of rotatable bonds is 6. The van der Waals surface area contributed by atoms with Crippen molar-refractivity contribution in [1.29, 1.82) is 0 Å². The van der Waals surface area contributed by atoms with Crippen molar-refractivity contribution in [2.45, 2.75) is 49.3 Å². The highest BCUT2D eigenvalue weighted by molar-refractivity contribution is 7.98. The minimum absolute atomic E-state index is 0.0281. The van der Waals surface area contributed by atoms with Gasteiger partial charge >= 0.3 is 0 Å². The molecule has 152 valence electrons. The summed E-state index contributed by atoms with van der Waals surface area (Å²) in [7, 11) is -3.53. The molecule has 0 radical (unpaired) electrons. The van der Waals surface area contributed by atoms with Crippen molar-refractivity contribution in [2.75, 3.05) is 23.5 Å². The van der Waals surface area contributed by atoms with Gasteiger partial charge in [-0.1, -0.05) is 44.9 Å². The molecule has 1 aliphatic rings. The first kappa shape index (κ1) is 21.1. The SMILES string of the molecule is CCCC[C@]1(CC)CN(c2ccccc2)c2cc(SC)c(O)cc2S(=O)(=O)C1. The Balaban J connectivity index is 2.25. The minimum atomic E-state index is -3.53. The zero-order chi connectivity index (χ0) is 20.4. The summed E-state index contributed by atoms with van der Waals surface area (Å²) in [6.07, 6.45) is 5.60. The standard InChI is InChI=1S/C22H29NO3S2/c1-4-6-12-22(5-2)15-23(17-10-8-7-9-11-17)18-13-20(27-3)19(24)14-21(18)28(25,26)16-22/h7-11,13-14,24H,4-6,12,15-16H2,1-3H3/t22-/m1/s1. The highest BCUT2D eigenvalue weighted by Crippen LogP contribution is 2.46. The first-order valence-corrected chi connectivity index (χ1v) is 12.7. The lowest BCUT2D eigenvalue weighted by atomic mass is 9.81. The molecule has 2 aromatic rings. The number of benzene rings is 2. The van der Waals surface area contributed by atoms with Gasteiger partial charge in [-0.05, 0) is 37.3 Å². The van der Waals surface area contributed by atoms with Gasteiger partial charge < -0.3 is 10.0 Å². The summed E-state index contributed by atoms with van der Waals surface area (Å²) < 4.78 is 26.8. The van der Waals surface area contributed by atoms with Crippen LogP contribution in [0.4, 0.5) is 11.4 Å². The summed E-state index contributed by atoms with van der Waals surface area (Å²) in [5.41, 5.74) is 1.33. The van der Waals surface area contributed by atoms with Gasteiger partial charge in [0.2, 0.25) is 0 Å². The van der Waals surface area contributed by atoms with E-state index in [2.05, 4.69) is 18.7 Å². The molecule has 0 unspecified atom stereocenters. The summed E-state index contributed by atoms with van der Waals surface area (Å²) >= 11 is 1.42. The Labute approximate surface area is 172 Å². The number of thioether (sulfide) groups is 1. The van der Waals surface area contributed by atoms with Gasteiger partial charge in [0.15, 0.2) is 9.84 Å². The normalized spacial score (nSPS) is 21.2. The molecular weight excluding hydrogens is 390 g/mol. The Morgan fingerprint density at radius 1 is 1.18 bits per heavy atom. The molecule has 0 bridgehead atoms. The van der Waals surface area contributed by atoms with Crippen LogP contribution in [-0.4, -0.2) is 32.1 Å². The van der Waals surface area contributed by atoms with E-state index in [0.717, 1.165) is 31.4 Å². The number of nitrogens with zero attached hydrogens (tertiary/aromatic N) is 1. The fourth-order valence-electron chi connectivity index (χ4n) is 4.04. The molecule has 1 N–H and O–H groups in total. The zero-order valence-corrected chi connectivity index (χ0v) is 18.4. The maximum absolute atomic E-state index is 13.4. The molecule has 1 atom stereocenters. The van der Waals surface area contributed by atoms with Crippen LogP contribution >= 0.6 is 11.8 Å². The van der Waals surface area contributed by atoms with E-state index >= 15 is 0 Å². The number of phenols is 1. The third-order valence-corrected chi connectivity index (χ3v) is 8.51. The highest BCUT2D eigenvalue weighted by Gasteiger charge is 2.41. The van der Waals surface area contributed by atoms with Crippen LogP contribution in [0.3, 0.4) is 0 Å². The fourth-order valence-corrected chi connectivity index (χ4v) is 6.72. The number of aromatic hydroxyl groups is 1. The fraction of sp³-hybridized carbons (Fsp3) is 0.455. The lowest BCUT2D eigenvalue weighted by Crippen LogP contribution is -2.37. The van der Waals surface area contributed by atoms with Crippen molar-refractivity contribution < 1.29 is 13.5 Å². The van der Waals surface area contributed by atoms with E-state index in [-0.39, 0.29) is 21.8 Å². The van der Waals surface area contributed by atoms with E-state index in [1.807, 2.05) is 42.7 Å². The molecule has 4 nitrogen and oxygen atoms in total. The minimum Gasteiger partial charge on any atom is -0.507 e. The summed E-state index contributed by atoms with van der Waals surface area (Å²) in [5, 5.41) is 10.4. The monoisotopic (exact) mass is 419 g/mol. The van der Waals surface area contributed by atoms with Gasteiger partial charge in [-0.3, -0.25) is 0 Å². The van der Waals surface area contributed by atoms with E-state index < -0.39 is 9.84 Å². The molecule has 2 aromatic carbocycles. The molecule has 28 heavy (non-hydrogen) atoms. The van der Waals surface area contributed by atoms with Gasteiger partial charge in [0.1, 0.15) is 5.75 Å². The van der Waals surface area contributed by atoms with Crippen molar-refractivity contribution in [3.05, 3.63) is 42.5 Å². The van der Waals surface area contributed by atoms with Crippen molar-refractivity contribution in [2.24, 2.45) is 5.41 Å². The highest BCUT2D eigenvalue weighted by atomic mass is 32.2. The topological polar surface area (TPSA) is 57.6 Å². The number of hydrogen-bond donors (Lipinski definition) is 1. The summed E-state index contributed by atoms with van der Waals surface area (Å²) in [5.74, 6) is 0.144. The second kappa shape index (κ2) is 8.37. The van der Waals surface area contributed by atoms with Crippen molar-refractivity contribution >= 4 is 33.0 Å². The van der Waals surface area contributed by atoms with Crippen molar-refractivity contribution in [3.63, 3.8) is 0 Å². The van der Waals surface area contributed by atoms with Gasteiger partial charge in [0.05, 0.1) is 21.2 Å². The Bertz CT molecular complexity index is 928. The molecule has 0 aromatic heterocycles. The van der Waals surface area contributed by atoms with Gasteiger partial charge in [-0.25, -0.2) is 8.42 Å². The lowest BCUT2D eigenvalue weighted by molar-refractivity contribution is 0.290.